The summed E-state index contributed by atoms with van der Waals surface area (Å²) in [6.45, 7) is 4.73. The van der Waals surface area contributed by atoms with Crippen LogP contribution in [0.15, 0.2) is 30.3 Å². The van der Waals surface area contributed by atoms with E-state index in [0.29, 0.717) is 12.6 Å². The Morgan fingerprint density at radius 1 is 1.00 bits per heavy atom. The van der Waals surface area contributed by atoms with Crippen LogP contribution in [-0.4, -0.2) is 29.0 Å². The smallest absolute Gasteiger partial charge is 0.269 e. The maximum absolute atomic E-state index is 13.1. The molecular formula is C23H29N3O. The molecule has 0 spiro atoms. The van der Waals surface area contributed by atoms with Gasteiger partial charge in [-0.2, -0.15) is 0 Å². The average Bonchev–Trinajstić information content (AvgIpc) is 3.01. The standard InChI is InChI=1S/C23H29N3O/c1-15-9-10-17(13-21(15)24)18-11-16(2)22-19(12-18)14-26(23(22)27)25(3)20-7-5-4-6-8-20/h9-13,20H,4-8,14,24H2,1-3H3. The monoisotopic (exact) mass is 363 g/mol. The summed E-state index contributed by atoms with van der Waals surface area (Å²) in [6, 6.07) is 11.0. The zero-order chi connectivity index (χ0) is 19.1. The second-order valence-electron chi connectivity index (χ2n) is 8.13. The fourth-order valence-electron chi connectivity index (χ4n) is 4.55. The van der Waals surface area contributed by atoms with Crippen LogP contribution in [-0.2, 0) is 6.54 Å². The molecular weight excluding hydrogens is 334 g/mol. The molecule has 1 saturated carbocycles. The number of anilines is 1. The molecule has 0 aromatic heterocycles. The lowest BCUT2D eigenvalue weighted by atomic mass is 9.95. The zero-order valence-electron chi connectivity index (χ0n) is 16.6. The summed E-state index contributed by atoms with van der Waals surface area (Å²) >= 11 is 0. The molecule has 1 aliphatic carbocycles. The third kappa shape index (κ3) is 3.23. The van der Waals surface area contributed by atoms with E-state index in [2.05, 4.69) is 36.3 Å². The van der Waals surface area contributed by atoms with Crippen molar-refractivity contribution in [3.05, 3.63) is 52.6 Å². The number of aryl methyl sites for hydroxylation is 2. The minimum absolute atomic E-state index is 0.144. The van der Waals surface area contributed by atoms with Gasteiger partial charge in [0.1, 0.15) is 0 Å². The van der Waals surface area contributed by atoms with Gasteiger partial charge in [0.25, 0.3) is 5.91 Å². The summed E-state index contributed by atoms with van der Waals surface area (Å²) < 4.78 is 0. The first kappa shape index (κ1) is 18.1. The van der Waals surface area contributed by atoms with Crippen LogP contribution in [0.3, 0.4) is 0 Å². The fourth-order valence-corrected chi connectivity index (χ4v) is 4.55. The summed E-state index contributed by atoms with van der Waals surface area (Å²) in [7, 11) is 2.08. The second-order valence-corrected chi connectivity index (χ2v) is 8.13. The molecule has 0 unspecified atom stereocenters. The van der Waals surface area contributed by atoms with E-state index in [1.165, 1.54) is 32.1 Å². The first-order chi connectivity index (χ1) is 13.0. The van der Waals surface area contributed by atoms with Crippen molar-refractivity contribution in [2.75, 3.05) is 12.8 Å². The molecule has 0 atom stereocenters. The molecule has 2 N–H and O–H groups in total. The Balaban J connectivity index is 1.64. The van der Waals surface area contributed by atoms with Crippen molar-refractivity contribution >= 4 is 11.6 Å². The van der Waals surface area contributed by atoms with Gasteiger partial charge in [0.05, 0.1) is 6.54 Å². The molecule has 0 saturated heterocycles. The normalized spacial score (nSPS) is 17.6. The molecule has 4 heteroatoms. The van der Waals surface area contributed by atoms with Crippen LogP contribution in [0, 0.1) is 13.8 Å². The number of rotatable bonds is 3. The fraction of sp³-hybridized carbons (Fsp3) is 0.435. The molecule has 1 amide bonds. The molecule has 2 aromatic rings. The van der Waals surface area contributed by atoms with Crippen LogP contribution >= 0.6 is 0 Å². The number of nitrogen functional groups attached to an aromatic ring is 1. The lowest BCUT2D eigenvalue weighted by Crippen LogP contribution is -2.47. The number of nitrogens with two attached hydrogens (primary N) is 1. The highest BCUT2D eigenvalue weighted by Crippen LogP contribution is 2.34. The van der Waals surface area contributed by atoms with E-state index in [4.69, 9.17) is 5.73 Å². The van der Waals surface area contributed by atoms with Gasteiger partial charge in [0, 0.05) is 24.3 Å². The zero-order valence-corrected chi connectivity index (χ0v) is 16.6. The molecule has 0 bridgehead atoms. The molecule has 4 nitrogen and oxygen atoms in total. The predicted octanol–water partition coefficient (Wildman–Crippen LogP) is 4.69. The first-order valence-electron chi connectivity index (χ1n) is 10.0. The number of hydrazine groups is 1. The van der Waals surface area contributed by atoms with Crippen LogP contribution in [0.4, 0.5) is 5.69 Å². The Morgan fingerprint density at radius 3 is 2.44 bits per heavy atom. The van der Waals surface area contributed by atoms with Crippen LogP contribution < -0.4 is 5.73 Å². The van der Waals surface area contributed by atoms with Crippen LogP contribution in [0.1, 0.15) is 59.2 Å². The van der Waals surface area contributed by atoms with E-state index in [9.17, 15) is 4.79 Å². The van der Waals surface area contributed by atoms with Crippen molar-refractivity contribution in [3.63, 3.8) is 0 Å². The number of hydrogen-bond acceptors (Lipinski definition) is 3. The lowest BCUT2D eigenvalue weighted by molar-refractivity contribution is -0.0282. The van der Waals surface area contributed by atoms with Gasteiger partial charge in [-0.25, -0.2) is 5.01 Å². The lowest BCUT2D eigenvalue weighted by Gasteiger charge is -2.37. The Morgan fingerprint density at radius 2 is 1.74 bits per heavy atom. The number of hydrogen-bond donors (Lipinski definition) is 1. The highest BCUT2D eigenvalue weighted by Gasteiger charge is 2.34. The molecule has 2 aliphatic rings. The molecule has 2 aromatic carbocycles. The molecule has 142 valence electrons. The molecule has 1 heterocycles. The average molecular weight is 364 g/mol. The van der Waals surface area contributed by atoms with E-state index in [-0.39, 0.29) is 5.91 Å². The summed E-state index contributed by atoms with van der Waals surface area (Å²) in [6.07, 6.45) is 6.22. The maximum atomic E-state index is 13.1. The second kappa shape index (κ2) is 7.01. The van der Waals surface area contributed by atoms with Crippen molar-refractivity contribution in [2.45, 2.75) is 58.5 Å². The van der Waals surface area contributed by atoms with Crippen LogP contribution in [0.25, 0.3) is 11.1 Å². The van der Waals surface area contributed by atoms with Crippen molar-refractivity contribution < 1.29 is 4.79 Å². The Labute approximate surface area is 161 Å². The van der Waals surface area contributed by atoms with E-state index in [0.717, 1.165) is 39.1 Å². The van der Waals surface area contributed by atoms with Gasteiger partial charge in [-0.1, -0.05) is 37.5 Å². The minimum atomic E-state index is 0.144. The van der Waals surface area contributed by atoms with Crippen molar-refractivity contribution in [1.29, 1.82) is 0 Å². The highest BCUT2D eigenvalue weighted by atomic mass is 16.2. The quantitative estimate of drug-likeness (QED) is 0.805. The summed E-state index contributed by atoms with van der Waals surface area (Å²) in [4.78, 5) is 13.1. The van der Waals surface area contributed by atoms with Gasteiger partial charge >= 0.3 is 0 Å². The van der Waals surface area contributed by atoms with Crippen LogP contribution in [0.5, 0.6) is 0 Å². The van der Waals surface area contributed by atoms with Gasteiger partial charge in [-0.3, -0.25) is 9.80 Å². The SMILES string of the molecule is Cc1ccc(-c2cc(C)c3c(c2)CN(N(C)C2CCCCC2)C3=O)cc1N. The molecule has 27 heavy (non-hydrogen) atoms. The van der Waals surface area contributed by atoms with E-state index < -0.39 is 0 Å². The van der Waals surface area contributed by atoms with Gasteiger partial charge in [0.15, 0.2) is 0 Å². The number of carbonyl (C=O) groups is 1. The highest BCUT2D eigenvalue weighted by molar-refractivity contribution is 6.00. The Bertz CT molecular complexity index is 883. The van der Waals surface area contributed by atoms with Gasteiger partial charge in [0.2, 0.25) is 0 Å². The molecule has 0 radical (unpaired) electrons. The molecule has 1 aliphatic heterocycles. The van der Waals surface area contributed by atoms with Crippen LogP contribution in [0.2, 0.25) is 0 Å². The molecule has 1 fully saturated rings. The van der Waals surface area contributed by atoms with Gasteiger partial charge < -0.3 is 5.73 Å². The molecule has 4 rings (SSSR count). The van der Waals surface area contributed by atoms with Crippen molar-refractivity contribution in [2.24, 2.45) is 0 Å². The topological polar surface area (TPSA) is 49.6 Å². The number of fused-ring (bicyclic) bond motifs is 1. The summed E-state index contributed by atoms with van der Waals surface area (Å²) in [5.74, 6) is 0.144. The summed E-state index contributed by atoms with van der Waals surface area (Å²) in [5, 5.41) is 4.14. The summed E-state index contributed by atoms with van der Waals surface area (Å²) in [5.41, 5.74) is 13.3. The van der Waals surface area contributed by atoms with E-state index in [1.807, 2.05) is 24.9 Å². The first-order valence-corrected chi connectivity index (χ1v) is 10.0. The minimum Gasteiger partial charge on any atom is -0.398 e. The van der Waals surface area contributed by atoms with Gasteiger partial charge in [-0.15, -0.1) is 0 Å². The van der Waals surface area contributed by atoms with Crippen molar-refractivity contribution in [1.82, 2.24) is 10.0 Å². The third-order valence-electron chi connectivity index (χ3n) is 6.28. The number of nitrogens with zero attached hydrogens (tertiary/aromatic N) is 2. The third-order valence-corrected chi connectivity index (χ3v) is 6.28. The Hall–Kier alpha value is -2.33. The predicted molar refractivity (Wildman–Crippen MR) is 110 cm³/mol. The van der Waals surface area contributed by atoms with Crippen molar-refractivity contribution in [3.8, 4) is 11.1 Å². The number of benzene rings is 2. The Kier molecular flexibility index (Phi) is 4.68. The number of carbonyl (C=O) groups excluding carboxylic acids is 1. The largest absolute Gasteiger partial charge is 0.398 e. The van der Waals surface area contributed by atoms with E-state index in [1.54, 1.807) is 0 Å². The number of amides is 1. The van der Waals surface area contributed by atoms with E-state index >= 15 is 0 Å². The van der Waals surface area contributed by atoms with Gasteiger partial charge in [-0.05, 0) is 66.6 Å². The maximum Gasteiger partial charge on any atom is 0.269 e.